The van der Waals surface area contributed by atoms with Crippen molar-refractivity contribution in [2.45, 2.75) is 18.4 Å². The van der Waals surface area contributed by atoms with Crippen molar-refractivity contribution < 1.29 is 9.53 Å². The van der Waals surface area contributed by atoms with Crippen LogP contribution >= 0.6 is 11.6 Å². The summed E-state index contributed by atoms with van der Waals surface area (Å²) in [5.41, 5.74) is 3.98. The number of nitrogens with zero attached hydrogens (tertiary/aromatic N) is 4. The normalized spacial score (nSPS) is 17.6. The molecule has 5 rings (SSSR count). The monoisotopic (exact) mass is 477 g/mol. The molecule has 34 heavy (non-hydrogen) atoms. The van der Waals surface area contributed by atoms with Gasteiger partial charge in [-0.3, -0.25) is 9.20 Å². The van der Waals surface area contributed by atoms with Gasteiger partial charge in [-0.2, -0.15) is 0 Å². The largest absolute Gasteiger partial charge is 0.495 e. The molecule has 4 aromatic rings. The van der Waals surface area contributed by atoms with Crippen molar-refractivity contribution in [1.29, 1.82) is 0 Å². The number of halogens is 1. The highest BCUT2D eigenvalue weighted by molar-refractivity contribution is 6.32. The molecule has 1 amide bonds. The van der Waals surface area contributed by atoms with Crippen molar-refractivity contribution in [2.24, 2.45) is 0 Å². The van der Waals surface area contributed by atoms with Gasteiger partial charge >= 0.3 is 0 Å². The van der Waals surface area contributed by atoms with Crippen molar-refractivity contribution in [3.63, 3.8) is 0 Å². The van der Waals surface area contributed by atoms with E-state index in [1.807, 2.05) is 47.0 Å². The third-order valence-corrected chi connectivity index (χ3v) is 6.32. The molecule has 4 heterocycles. The molecule has 3 aromatic heterocycles. The maximum Gasteiger partial charge on any atom is 0.236 e. The standard InChI is InChI=1S/C24H24ClN7O2/c1-26-23(33)18-9-15(11-27-18)14-6-7-17(20(10-14)34-2)30-24-29-12-16(25)22(31-24)19-13-28-21-5-3-4-8-32(19)21/h3-8,10,12-13,15,18,27H,9,11H2,1-2H3,(H,26,33)(H,29,30,31). The first kappa shape index (κ1) is 22.1. The molecule has 3 N–H and O–H groups in total. The topological polar surface area (TPSA) is 105 Å². The number of anilines is 2. The fourth-order valence-corrected chi connectivity index (χ4v) is 4.45. The average Bonchev–Trinajstić information content (AvgIpc) is 3.53. The van der Waals surface area contributed by atoms with Crippen molar-refractivity contribution in [3.05, 3.63) is 65.6 Å². The second-order valence-corrected chi connectivity index (χ2v) is 8.46. The molecule has 1 aliphatic heterocycles. The highest BCUT2D eigenvalue weighted by atomic mass is 35.5. The third-order valence-electron chi connectivity index (χ3n) is 6.04. The van der Waals surface area contributed by atoms with E-state index >= 15 is 0 Å². The van der Waals surface area contributed by atoms with Gasteiger partial charge < -0.3 is 20.7 Å². The third kappa shape index (κ3) is 4.15. The summed E-state index contributed by atoms with van der Waals surface area (Å²) in [7, 11) is 3.28. The summed E-state index contributed by atoms with van der Waals surface area (Å²) in [6.45, 7) is 0.733. The van der Waals surface area contributed by atoms with Crippen molar-refractivity contribution in [2.75, 3.05) is 26.0 Å². The molecule has 1 fully saturated rings. The summed E-state index contributed by atoms with van der Waals surface area (Å²) in [5.74, 6) is 1.28. The number of rotatable bonds is 6. The van der Waals surface area contributed by atoms with Crippen LogP contribution in [-0.2, 0) is 4.79 Å². The van der Waals surface area contributed by atoms with E-state index in [1.165, 1.54) is 0 Å². The van der Waals surface area contributed by atoms with Crippen LogP contribution in [0.2, 0.25) is 5.02 Å². The molecule has 0 aliphatic carbocycles. The maximum atomic E-state index is 11.9. The molecule has 0 spiro atoms. The Labute approximate surface area is 201 Å². The van der Waals surface area contributed by atoms with E-state index in [2.05, 4.69) is 30.9 Å². The van der Waals surface area contributed by atoms with E-state index in [4.69, 9.17) is 16.3 Å². The number of nitrogens with one attached hydrogen (secondary N) is 3. The molecule has 0 saturated carbocycles. The van der Waals surface area contributed by atoms with E-state index < -0.39 is 0 Å². The molecule has 1 aromatic carbocycles. The Balaban J connectivity index is 1.40. The molecule has 0 radical (unpaired) electrons. The number of pyridine rings is 1. The summed E-state index contributed by atoms with van der Waals surface area (Å²) in [5, 5.41) is 9.65. The van der Waals surface area contributed by atoms with E-state index in [1.54, 1.807) is 26.6 Å². The Bertz CT molecular complexity index is 1360. The van der Waals surface area contributed by atoms with Crippen LogP contribution < -0.4 is 20.7 Å². The number of methoxy groups -OCH3 is 1. The SMILES string of the molecule is CNC(=O)C1CC(c2ccc(Nc3ncc(Cl)c(-c4cnc5ccccn45)n3)c(OC)c2)CN1. The Morgan fingerprint density at radius 3 is 2.94 bits per heavy atom. The number of carbonyl (C=O) groups excluding carboxylic acids is 1. The Kier molecular flexibility index (Phi) is 6.04. The molecular weight excluding hydrogens is 454 g/mol. The number of likely N-dealkylation sites (N-methyl/N-ethyl adjacent to an activating group) is 1. The van der Waals surface area contributed by atoms with Gasteiger partial charge in [0, 0.05) is 19.8 Å². The minimum atomic E-state index is -0.181. The molecule has 2 unspecified atom stereocenters. The van der Waals surface area contributed by atoms with Crippen LogP contribution in [0.3, 0.4) is 0 Å². The van der Waals surface area contributed by atoms with Crippen molar-refractivity contribution in [1.82, 2.24) is 30.0 Å². The Morgan fingerprint density at radius 1 is 1.24 bits per heavy atom. The second kappa shape index (κ2) is 9.28. The first-order chi connectivity index (χ1) is 16.6. The smallest absolute Gasteiger partial charge is 0.236 e. The quantitative estimate of drug-likeness (QED) is 0.391. The highest BCUT2D eigenvalue weighted by Gasteiger charge is 2.30. The van der Waals surface area contributed by atoms with Crippen molar-refractivity contribution >= 4 is 34.8 Å². The zero-order valence-electron chi connectivity index (χ0n) is 18.7. The van der Waals surface area contributed by atoms with Gasteiger partial charge in [-0.05, 0) is 42.2 Å². The number of hydrogen-bond acceptors (Lipinski definition) is 7. The predicted molar refractivity (Wildman–Crippen MR) is 131 cm³/mol. The fourth-order valence-electron chi connectivity index (χ4n) is 4.26. The van der Waals surface area contributed by atoms with Crippen LogP contribution in [0.4, 0.5) is 11.6 Å². The van der Waals surface area contributed by atoms with E-state index in [9.17, 15) is 4.79 Å². The number of fused-ring (bicyclic) bond motifs is 1. The number of hydrogen-bond donors (Lipinski definition) is 3. The van der Waals surface area contributed by atoms with Crippen LogP contribution in [0.1, 0.15) is 17.9 Å². The molecule has 9 nitrogen and oxygen atoms in total. The van der Waals surface area contributed by atoms with E-state index in [0.717, 1.165) is 35.6 Å². The molecule has 1 aliphatic rings. The van der Waals surface area contributed by atoms with Crippen LogP contribution in [0.5, 0.6) is 5.75 Å². The summed E-state index contributed by atoms with van der Waals surface area (Å²) in [6, 6.07) is 11.5. The zero-order valence-corrected chi connectivity index (χ0v) is 19.5. The van der Waals surface area contributed by atoms with Crippen molar-refractivity contribution in [3.8, 4) is 17.1 Å². The average molecular weight is 478 g/mol. The van der Waals surface area contributed by atoms with Gasteiger partial charge in [0.05, 0.1) is 41.9 Å². The van der Waals surface area contributed by atoms with Gasteiger partial charge in [0.25, 0.3) is 0 Å². The highest BCUT2D eigenvalue weighted by Crippen LogP contribution is 2.34. The van der Waals surface area contributed by atoms with Gasteiger partial charge in [0.2, 0.25) is 11.9 Å². The molecular formula is C24H24ClN7O2. The van der Waals surface area contributed by atoms with Gasteiger partial charge in [0.1, 0.15) is 17.1 Å². The fraction of sp³-hybridized carbons (Fsp3) is 0.250. The lowest BCUT2D eigenvalue weighted by atomic mass is 9.95. The molecule has 1 saturated heterocycles. The number of carbonyl (C=O) groups is 1. The molecule has 174 valence electrons. The first-order valence-electron chi connectivity index (χ1n) is 10.9. The number of aromatic nitrogens is 4. The Hall–Kier alpha value is -3.69. The van der Waals surface area contributed by atoms with Gasteiger partial charge in [0.15, 0.2) is 0 Å². The number of benzene rings is 1. The van der Waals surface area contributed by atoms with Crippen LogP contribution in [0.15, 0.2) is 55.0 Å². The second-order valence-electron chi connectivity index (χ2n) is 8.05. The number of amides is 1. The van der Waals surface area contributed by atoms with Crippen LogP contribution in [-0.4, -0.2) is 52.0 Å². The summed E-state index contributed by atoms with van der Waals surface area (Å²) < 4.78 is 7.56. The lowest BCUT2D eigenvalue weighted by molar-refractivity contribution is -0.122. The Morgan fingerprint density at radius 2 is 2.12 bits per heavy atom. The van der Waals surface area contributed by atoms with Gasteiger partial charge in [-0.25, -0.2) is 15.0 Å². The molecule has 0 bridgehead atoms. The molecule has 10 heteroatoms. The first-order valence-corrected chi connectivity index (χ1v) is 11.3. The minimum Gasteiger partial charge on any atom is -0.495 e. The van der Waals surface area contributed by atoms with Crippen LogP contribution in [0.25, 0.3) is 17.0 Å². The van der Waals surface area contributed by atoms with Gasteiger partial charge in [-0.1, -0.05) is 23.7 Å². The lowest BCUT2D eigenvalue weighted by Crippen LogP contribution is -2.38. The lowest BCUT2D eigenvalue weighted by Gasteiger charge is -2.15. The van der Waals surface area contributed by atoms with Crippen LogP contribution in [0, 0.1) is 0 Å². The number of ether oxygens (including phenoxy) is 1. The van der Waals surface area contributed by atoms with Gasteiger partial charge in [-0.15, -0.1) is 0 Å². The predicted octanol–water partition coefficient (Wildman–Crippen LogP) is 3.39. The zero-order chi connectivity index (χ0) is 23.7. The summed E-state index contributed by atoms with van der Waals surface area (Å²) in [6.07, 6.45) is 5.96. The minimum absolute atomic E-state index is 0.00871. The number of imidazole rings is 1. The summed E-state index contributed by atoms with van der Waals surface area (Å²) in [4.78, 5) is 25.4. The summed E-state index contributed by atoms with van der Waals surface area (Å²) >= 11 is 6.43. The van der Waals surface area contributed by atoms with E-state index in [0.29, 0.717) is 22.4 Å². The van der Waals surface area contributed by atoms with E-state index in [-0.39, 0.29) is 17.9 Å². The molecule has 2 atom stereocenters. The maximum absolute atomic E-state index is 11.9.